The largest absolute Gasteiger partial charge is 0.416 e. The van der Waals surface area contributed by atoms with Crippen molar-refractivity contribution in [3.63, 3.8) is 0 Å². The van der Waals surface area contributed by atoms with E-state index in [1.54, 1.807) is 6.92 Å². The van der Waals surface area contributed by atoms with Gasteiger partial charge in [0.15, 0.2) is 0 Å². The molecule has 2 rings (SSSR count). The first-order chi connectivity index (χ1) is 12.1. The number of urea groups is 1. The third kappa shape index (κ3) is 5.31. The summed E-state index contributed by atoms with van der Waals surface area (Å²) in [6.07, 6.45) is -1.50. The van der Waals surface area contributed by atoms with Crippen LogP contribution in [0.3, 0.4) is 0 Å². The van der Waals surface area contributed by atoms with Gasteiger partial charge in [0.1, 0.15) is 0 Å². The molecule has 0 saturated carbocycles. The lowest BCUT2D eigenvalue weighted by Gasteiger charge is -2.31. The number of carbonyl (C=O) groups excluding carboxylic acids is 1. The second kappa shape index (κ2) is 8.21. The van der Waals surface area contributed by atoms with E-state index < -0.39 is 27.8 Å². The van der Waals surface area contributed by atoms with Gasteiger partial charge in [-0.1, -0.05) is 0 Å². The van der Waals surface area contributed by atoms with Crippen LogP contribution in [0.1, 0.15) is 30.9 Å². The summed E-state index contributed by atoms with van der Waals surface area (Å²) in [5.41, 5.74) is -0.968. The Morgan fingerprint density at radius 1 is 1.35 bits per heavy atom. The number of hydrogen-bond donors (Lipinski definition) is 2. The Morgan fingerprint density at radius 3 is 2.58 bits per heavy atom. The van der Waals surface area contributed by atoms with Crippen LogP contribution in [0, 0.1) is 0 Å². The molecule has 0 spiro atoms. The molecule has 1 aromatic rings. The monoisotopic (exact) mass is 394 g/mol. The smallest absolute Gasteiger partial charge is 0.335 e. The number of aromatic nitrogens is 1. The Kier molecular flexibility index (Phi) is 6.45. The molecular formula is C15H21F3N4O3S. The summed E-state index contributed by atoms with van der Waals surface area (Å²) in [5, 5.41) is 5.05. The zero-order valence-corrected chi connectivity index (χ0v) is 15.0. The summed E-state index contributed by atoms with van der Waals surface area (Å²) in [7, 11) is -3.25. The molecular weight excluding hydrogens is 373 g/mol. The van der Waals surface area contributed by atoms with Gasteiger partial charge in [-0.15, -0.1) is 0 Å². The van der Waals surface area contributed by atoms with Crippen molar-refractivity contribution in [2.45, 2.75) is 38.5 Å². The number of nitrogens with zero attached hydrogens (tertiary/aromatic N) is 2. The first-order valence-electron chi connectivity index (χ1n) is 8.15. The third-order valence-corrected chi connectivity index (χ3v) is 6.08. The molecule has 146 valence electrons. The predicted octanol–water partition coefficient (Wildman–Crippen LogP) is 1.71. The van der Waals surface area contributed by atoms with E-state index in [9.17, 15) is 26.4 Å². The maximum Gasteiger partial charge on any atom is 0.416 e. The first-order valence-corrected chi connectivity index (χ1v) is 9.76. The number of pyridine rings is 1. The van der Waals surface area contributed by atoms with E-state index in [0.717, 1.165) is 18.5 Å². The summed E-state index contributed by atoms with van der Waals surface area (Å²) in [4.78, 5) is 15.6. The van der Waals surface area contributed by atoms with E-state index in [-0.39, 0.29) is 23.9 Å². The van der Waals surface area contributed by atoms with Crippen molar-refractivity contribution in [3.8, 4) is 0 Å². The van der Waals surface area contributed by atoms with Gasteiger partial charge < -0.3 is 10.6 Å². The number of nitrogens with one attached hydrogen (secondary N) is 2. The molecule has 1 aliphatic rings. The summed E-state index contributed by atoms with van der Waals surface area (Å²) in [5.74, 6) is 0.0260. The SMILES string of the molecule is CCS(=O)(=O)N1CCC(NC(=O)NCc2cnccc2C(F)(F)F)CC1. The highest BCUT2D eigenvalue weighted by molar-refractivity contribution is 7.89. The molecule has 0 aromatic carbocycles. The number of hydrogen-bond acceptors (Lipinski definition) is 4. The van der Waals surface area contributed by atoms with Crippen LogP contribution in [0.4, 0.5) is 18.0 Å². The second-order valence-electron chi connectivity index (χ2n) is 5.93. The molecule has 0 aliphatic carbocycles. The maximum absolute atomic E-state index is 12.9. The lowest BCUT2D eigenvalue weighted by atomic mass is 10.1. The molecule has 0 radical (unpaired) electrons. The zero-order valence-electron chi connectivity index (χ0n) is 14.2. The first kappa shape index (κ1) is 20.4. The highest BCUT2D eigenvalue weighted by atomic mass is 32.2. The van der Waals surface area contributed by atoms with Gasteiger partial charge in [-0.2, -0.15) is 13.2 Å². The second-order valence-corrected chi connectivity index (χ2v) is 8.19. The number of sulfonamides is 1. The molecule has 11 heteroatoms. The summed E-state index contributed by atoms with van der Waals surface area (Å²) in [6.45, 7) is 1.88. The topological polar surface area (TPSA) is 91.4 Å². The molecule has 2 N–H and O–H groups in total. The van der Waals surface area contributed by atoms with E-state index in [1.165, 1.54) is 4.31 Å². The Bertz CT molecular complexity index is 732. The van der Waals surface area contributed by atoms with Crippen molar-refractivity contribution >= 4 is 16.1 Å². The minimum absolute atomic E-state index is 0.0260. The summed E-state index contributed by atoms with van der Waals surface area (Å²) < 4.78 is 63.6. The highest BCUT2D eigenvalue weighted by Gasteiger charge is 2.33. The van der Waals surface area contributed by atoms with E-state index in [0.29, 0.717) is 25.9 Å². The van der Waals surface area contributed by atoms with E-state index in [1.807, 2.05) is 0 Å². The number of alkyl halides is 3. The molecule has 26 heavy (non-hydrogen) atoms. The number of piperidine rings is 1. The molecule has 7 nitrogen and oxygen atoms in total. The number of carbonyl (C=O) groups is 1. The van der Waals surface area contributed by atoms with Gasteiger partial charge in [-0.05, 0) is 25.8 Å². The van der Waals surface area contributed by atoms with Gasteiger partial charge >= 0.3 is 12.2 Å². The van der Waals surface area contributed by atoms with Crippen LogP contribution in [0.5, 0.6) is 0 Å². The van der Waals surface area contributed by atoms with Crippen LogP contribution in [0.2, 0.25) is 0 Å². The van der Waals surface area contributed by atoms with Crippen molar-refractivity contribution in [1.82, 2.24) is 19.9 Å². The van der Waals surface area contributed by atoms with Crippen molar-refractivity contribution < 1.29 is 26.4 Å². The Balaban J connectivity index is 1.84. The van der Waals surface area contributed by atoms with Crippen molar-refractivity contribution in [1.29, 1.82) is 0 Å². The minimum atomic E-state index is -4.52. The lowest BCUT2D eigenvalue weighted by Crippen LogP contribution is -2.49. The fourth-order valence-corrected chi connectivity index (χ4v) is 3.85. The molecule has 0 bridgehead atoms. The van der Waals surface area contributed by atoms with Gasteiger partial charge in [0.2, 0.25) is 10.0 Å². The van der Waals surface area contributed by atoms with Gasteiger partial charge in [-0.25, -0.2) is 17.5 Å². The number of amides is 2. The number of halogens is 3. The normalized spacial score (nSPS) is 17.1. The Morgan fingerprint density at radius 2 is 2.00 bits per heavy atom. The highest BCUT2D eigenvalue weighted by Crippen LogP contribution is 2.31. The van der Waals surface area contributed by atoms with Gasteiger partial charge in [0.05, 0.1) is 11.3 Å². The quantitative estimate of drug-likeness (QED) is 0.796. The Labute approximate surface area is 150 Å². The van der Waals surface area contributed by atoms with Crippen LogP contribution < -0.4 is 10.6 Å². The van der Waals surface area contributed by atoms with E-state index in [4.69, 9.17) is 0 Å². The average Bonchev–Trinajstić information content (AvgIpc) is 2.60. The fourth-order valence-electron chi connectivity index (χ4n) is 2.72. The summed E-state index contributed by atoms with van der Waals surface area (Å²) in [6, 6.07) is 0.0341. The molecule has 1 aliphatic heterocycles. The van der Waals surface area contributed by atoms with Crippen LogP contribution >= 0.6 is 0 Å². The van der Waals surface area contributed by atoms with Crippen molar-refractivity contribution in [3.05, 3.63) is 29.6 Å². The van der Waals surface area contributed by atoms with Crippen molar-refractivity contribution in [2.24, 2.45) is 0 Å². The van der Waals surface area contributed by atoms with E-state index in [2.05, 4.69) is 15.6 Å². The molecule has 1 saturated heterocycles. The molecule has 2 heterocycles. The zero-order chi connectivity index (χ0) is 19.4. The number of rotatable bonds is 5. The van der Waals surface area contributed by atoms with Crippen LogP contribution in [-0.2, 0) is 22.7 Å². The molecule has 1 aromatic heterocycles. The summed E-state index contributed by atoms with van der Waals surface area (Å²) >= 11 is 0. The average molecular weight is 394 g/mol. The van der Waals surface area contributed by atoms with Gasteiger partial charge in [0, 0.05) is 43.6 Å². The van der Waals surface area contributed by atoms with Crippen molar-refractivity contribution in [2.75, 3.05) is 18.8 Å². The van der Waals surface area contributed by atoms with E-state index >= 15 is 0 Å². The molecule has 0 atom stereocenters. The molecule has 1 fully saturated rings. The van der Waals surface area contributed by atoms with Gasteiger partial charge in [0.25, 0.3) is 0 Å². The standard InChI is InChI=1S/C15H21F3N4O3S/c1-2-26(24,25)22-7-4-12(5-8-22)21-14(23)20-10-11-9-19-6-3-13(11)15(16,17)18/h3,6,9,12H,2,4-5,7-8,10H2,1H3,(H2,20,21,23). The van der Waals surface area contributed by atoms with Crippen LogP contribution in [-0.4, -0.2) is 48.6 Å². The van der Waals surface area contributed by atoms with Gasteiger partial charge in [-0.3, -0.25) is 4.98 Å². The Hall–Kier alpha value is -1.88. The molecule has 0 unspecified atom stereocenters. The third-order valence-electron chi connectivity index (χ3n) is 4.20. The van der Waals surface area contributed by atoms with Crippen LogP contribution in [0.25, 0.3) is 0 Å². The predicted molar refractivity (Wildman–Crippen MR) is 88.7 cm³/mol. The maximum atomic E-state index is 12.9. The molecule has 2 amide bonds. The minimum Gasteiger partial charge on any atom is -0.335 e. The fraction of sp³-hybridized carbons (Fsp3) is 0.600. The van der Waals surface area contributed by atoms with Crippen LogP contribution in [0.15, 0.2) is 18.5 Å². The lowest BCUT2D eigenvalue weighted by molar-refractivity contribution is -0.138.